The summed E-state index contributed by atoms with van der Waals surface area (Å²) in [6.45, 7) is 6.38. The molecule has 160 valence electrons. The van der Waals surface area contributed by atoms with E-state index in [9.17, 15) is 14.0 Å². The molecule has 0 saturated carbocycles. The average Bonchev–Trinajstić information content (AvgIpc) is 3.32. The van der Waals surface area contributed by atoms with Crippen LogP contribution in [0, 0.1) is 19.7 Å². The summed E-state index contributed by atoms with van der Waals surface area (Å²) in [5.74, 6) is -0.555. The predicted octanol–water partition coefficient (Wildman–Crippen LogP) is 1.66. The van der Waals surface area contributed by atoms with Crippen molar-refractivity contribution in [3.63, 3.8) is 0 Å². The van der Waals surface area contributed by atoms with Crippen LogP contribution in [0.3, 0.4) is 0 Å². The van der Waals surface area contributed by atoms with Gasteiger partial charge in [-0.25, -0.2) is 4.39 Å². The lowest BCUT2D eigenvalue weighted by Crippen LogP contribution is -2.38. The third-order valence-corrected chi connectivity index (χ3v) is 6.08. The Morgan fingerprint density at radius 3 is 2.93 bits per heavy atom. The second-order valence-electron chi connectivity index (χ2n) is 8.14. The SMILES string of the molecule is Cc1[nH]c(CN2C(=O)Cc3cc(F)ccc32)c(C)c1C(=O)N[C@H]1CCN(CCO)C1. The number of nitrogens with zero attached hydrogens (tertiary/aromatic N) is 2. The minimum absolute atomic E-state index is 0.0585. The third-order valence-electron chi connectivity index (χ3n) is 6.08. The molecular weight excluding hydrogens is 387 g/mol. The first-order valence-corrected chi connectivity index (χ1v) is 10.3. The van der Waals surface area contributed by atoms with Crippen molar-refractivity contribution in [1.82, 2.24) is 15.2 Å². The quantitative estimate of drug-likeness (QED) is 0.671. The number of halogens is 1. The van der Waals surface area contributed by atoms with Crippen LogP contribution in [-0.2, 0) is 17.8 Å². The summed E-state index contributed by atoms with van der Waals surface area (Å²) in [5, 5.41) is 12.2. The van der Waals surface area contributed by atoms with E-state index in [2.05, 4.69) is 15.2 Å². The summed E-state index contributed by atoms with van der Waals surface area (Å²) >= 11 is 0. The van der Waals surface area contributed by atoms with Crippen LogP contribution in [0.2, 0.25) is 0 Å². The van der Waals surface area contributed by atoms with Gasteiger partial charge in [0.05, 0.1) is 25.1 Å². The highest BCUT2D eigenvalue weighted by Gasteiger charge is 2.30. The number of carbonyl (C=O) groups excluding carboxylic acids is 2. The lowest BCUT2D eigenvalue weighted by atomic mass is 10.1. The van der Waals surface area contributed by atoms with Crippen LogP contribution in [0.25, 0.3) is 0 Å². The zero-order chi connectivity index (χ0) is 21.4. The fourth-order valence-corrected chi connectivity index (χ4v) is 4.55. The standard InChI is InChI=1S/C22H27FN4O3/c1-13-18(12-27-19-4-3-16(23)9-15(19)10-20(27)29)24-14(2)21(13)22(30)25-17-5-6-26(11-17)7-8-28/h3-4,9,17,24,28H,5-8,10-12H2,1-2H3,(H,25,30)/t17-/m0/s1. The van der Waals surface area contributed by atoms with Crippen molar-refractivity contribution in [2.24, 2.45) is 0 Å². The molecule has 0 spiro atoms. The maximum Gasteiger partial charge on any atom is 0.253 e. The van der Waals surface area contributed by atoms with Crippen molar-refractivity contribution in [1.29, 1.82) is 0 Å². The number of nitrogens with one attached hydrogen (secondary N) is 2. The van der Waals surface area contributed by atoms with Crippen molar-refractivity contribution < 1.29 is 19.1 Å². The lowest BCUT2D eigenvalue weighted by Gasteiger charge is -2.17. The molecule has 0 aliphatic carbocycles. The smallest absolute Gasteiger partial charge is 0.253 e. The molecule has 2 aliphatic rings. The minimum atomic E-state index is -0.348. The molecular formula is C22H27FN4O3. The van der Waals surface area contributed by atoms with E-state index < -0.39 is 0 Å². The molecule has 0 unspecified atom stereocenters. The second kappa shape index (κ2) is 8.20. The Labute approximate surface area is 174 Å². The summed E-state index contributed by atoms with van der Waals surface area (Å²) < 4.78 is 13.5. The molecule has 0 radical (unpaired) electrons. The number of aliphatic hydroxyl groups is 1. The number of carbonyl (C=O) groups is 2. The molecule has 2 amide bonds. The van der Waals surface area contributed by atoms with E-state index in [4.69, 9.17) is 5.11 Å². The molecule has 4 rings (SSSR count). The van der Waals surface area contributed by atoms with E-state index in [1.807, 2.05) is 13.8 Å². The molecule has 2 aliphatic heterocycles. The van der Waals surface area contributed by atoms with Crippen LogP contribution in [0.5, 0.6) is 0 Å². The topological polar surface area (TPSA) is 88.7 Å². The van der Waals surface area contributed by atoms with E-state index in [0.717, 1.165) is 36.5 Å². The van der Waals surface area contributed by atoms with Crippen molar-refractivity contribution >= 4 is 17.5 Å². The molecule has 1 atom stereocenters. The Hall–Kier alpha value is -2.71. The number of fused-ring (bicyclic) bond motifs is 1. The van der Waals surface area contributed by atoms with E-state index in [1.165, 1.54) is 12.1 Å². The van der Waals surface area contributed by atoms with Crippen LogP contribution in [0.15, 0.2) is 18.2 Å². The number of rotatable bonds is 6. The van der Waals surface area contributed by atoms with Gasteiger partial charge in [-0.2, -0.15) is 0 Å². The van der Waals surface area contributed by atoms with E-state index in [0.29, 0.717) is 29.9 Å². The number of likely N-dealkylation sites (tertiary alicyclic amines) is 1. The summed E-state index contributed by atoms with van der Waals surface area (Å²) in [6, 6.07) is 4.45. The highest BCUT2D eigenvalue weighted by Crippen LogP contribution is 2.32. The number of aryl methyl sites for hydroxylation is 1. The van der Waals surface area contributed by atoms with E-state index >= 15 is 0 Å². The molecule has 3 heterocycles. The highest BCUT2D eigenvalue weighted by atomic mass is 19.1. The number of amides is 2. The van der Waals surface area contributed by atoms with Crippen LogP contribution >= 0.6 is 0 Å². The Morgan fingerprint density at radius 2 is 2.17 bits per heavy atom. The zero-order valence-electron chi connectivity index (χ0n) is 17.3. The van der Waals surface area contributed by atoms with Gasteiger partial charge in [-0.3, -0.25) is 14.5 Å². The number of β-amino-alcohol motifs (C(OH)–C–C–N with tert-alkyl or cyclic N) is 1. The van der Waals surface area contributed by atoms with Gasteiger partial charge in [0.2, 0.25) is 5.91 Å². The monoisotopic (exact) mass is 414 g/mol. The van der Waals surface area contributed by atoms with Gasteiger partial charge < -0.3 is 20.3 Å². The molecule has 8 heteroatoms. The van der Waals surface area contributed by atoms with Gasteiger partial charge in [0.25, 0.3) is 5.91 Å². The average molecular weight is 414 g/mol. The molecule has 3 N–H and O–H groups in total. The maximum absolute atomic E-state index is 13.5. The summed E-state index contributed by atoms with van der Waals surface area (Å²) in [5.41, 5.74) is 4.39. The van der Waals surface area contributed by atoms with Crippen LogP contribution in [0.1, 0.15) is 39.3 Å². The molecule has 2 aromatic rings. The summed E-state index contributed by atoms with van der Waals surface area (Å²) in [4.78, 5) is 32.5. The largest absolute Gasteiger partial charge is 0.395 e. The Morgan fingerprint density at radius 1 is 1.37 bits per heavy atom. The number of anilines is 1. The number of aromatic nitrogens is 1. The minimum Gasteiger partial charge on any atom is -0.395 e. The lowest BCUT2D eigenvalue weighted by molar-refractivity contribution is -0.117. The van der Waals surface area contributed by atoms with Crippen molar-refractivity contribution in [3.8, 4) is 0 Å². The number of H-pyrrole nitrogens is 1. The zero-order valence-corrected chi connectivity index (χ0v) is 17.3. The molecule has 1 aromatic carbocycles. The normalized spacial score (nSPS) is 18.9. The fourth-order valence-electron chi connectivity index (χ4n) is 4.55. The maximum atomic E-state index is 13.5. The van der Waals surface area contributed by atoms with E-state index in [1.54, 1.807) is 11.0 Å². The van der Waals surface area contributed by atoms with Gasteiger partial charge in [-0.15, -0.1) is 0 Å². The number of hydrogen-bond donors (Lipinski definition) is 3. The Balaban J connectivity index is 1.49. The predicted molar refractivity (Wildman–Crippen MR) is 111 cm³/mol. The number of aliphatic hydroxyl groups excluding tert-OH is 1. The van der Waals surface area contributed by atoms with Gasteiger partial charge in [0.1, 0.15) is 5.82 Å². The van der Waals surface area contributed by atoms with Crippen molar-refractivity contribution in [2.45, 2.75) is 39.3 Å². The Bertz CT molecular complexity index is 987. The molecule has 30 heavy (non-hydrogen) atoms. The number of hydrogen-bond acceptors (Lipinski definition) is 4. The fraction of sp³-hybridized carbons (Fsp3) is 0.455. The Kier molecular flexibility index (Phi) is 5.62. The summed E-state index contributed by atoms with van der Waals surface area (Å²) in [6.07, 6.45) is 1.04. The second-order valence-corrected chi connectivity index (χ2v) is 8.14. The van der Waals surface area contributed by atoms with Gasteiger partial charge >= 0.3 is 0 Å². The van der Waals surface area contributed by atoms with E-state index in [-0.39, 0.29) is 36.7 Å². The van der Waals surface area contributed by atoms with Gasteiger partial charge in [-0.05, 0) is 49.6 Å². The van der Waals surface area contributed by atoms with Crippen LogP contribution in [-0.4, -0.2) is 59.1 Å². The van der Waals surface area contributed by atoms with Crippen molar-refractivity contribution in [3.05, 3.63) is 52.1 Å². The van der Waals surface area contributed by atoms with Gasteiger partial charge in [0, 0.05) is 42.8 Å². The molecule has 7 nitrogen and oxygen atoms in total. The summed E-state index contributed by atoms with van der Waals surface area (Å²) in [7, 11) is 0. The van der Waals surface area contributed by atoms with Crippen LogP contribution in [0.4, 0.5) is 10.1 Å². The first kappa shape index (κ1) is 20.6. The van der Waals surface area contributed by atoms with Crippen LogP contribution < -0.4 is 10.2 Å². The van der Waals surface area contributed by atoms with Crippen molar-refractivity contribution in [2.75, 3.05) is 31.1 Å². The van der Waals surface area contributed by atoms with Gasteiger partial charge in [0.15, 0.2) is 0 Å². The molecule has 1 fully saturated rings. The molecule has 0 bridgehead atoms. The first-order valence-electron chi connectivity index (χ1n) is 10.3. The number of benzene rings is 1. The third kappa shape index (κ3) is 3.85. The number of aromatic amines is 1. The molecule has 1 saturated heterocycles. The molecule has 1 aromatic heterocycles. The highest BCUT2D eigenvalue weighted by molar-refractivity contribution is 6.01. The first-order chi connectivity index (χ1) is 14.4. The van der Waals surface area contributed by atoms with Gasteiger partial charge in [-0.1, -0.05) is 0 Å².